The molecule has 0 saturated heterocycles. The van der Waals surface area contributed by atoms with Crippen LogP contribution in [0.2, 0.25) is 0 Å². The van der Waals surface area contributed by atoms with Crippen LogP contribution in [0.5, 0.6) is 5.75 Å². The van der Waals surface area contributed by atoms with Crippen LogP contribution in [-0.4, -0.2) is 17.9 Å². The Labute approximate surface area is 171 Å². The number of hydrogen-bond donors (Lipinski definition) is 0. The van der Waals surface area contributed by atoms with Crippen LogP contribution in [0.25, 0.3) is 0 Å². The van der Waals surface area contributed by atoms with Gasteiger partial charge in [-0.2, -0.15) is 14.0 Å². The molecule has 0 unspecified atom stereocenters. The Bertz CT molecular complexity index is 1020. The number of nitriles is 1. The van der Waals surface area contributed by atoms with E-state index in [0.717, 1.165) is 0 Å². The van der Waals surface area contributed by atoms with Crippen molar-refractivity contribution in [3.8, 4) is 11.8 Å². The van der Waals surface area contributed by atoms with Gasteiger partial charge in [-0.1, -0.05) is 29.5 Å². The van der Waals surface area contributed by atoms with Crippen LogP contribution in [-0.2, 0) is 6.54 Å². The molecular formula is C19H12BrF2N3O2S. The molecule has 0 aliphatic rings. The molecule has 1 heterocycles. The molecule has 0 amide bonds. The van der Waals surface area contributed by atoms with Crippen molar-refractivity contribution < 1.29 is 18.3 Å². The number of thiazole rings is 1. The Morgan fingerprint density at radius 3 is 2.57 bits per heavy atom. The standard InChI is InChI=1S/C19H12BrF2N3O2S/c20-17-15(11-26)24-19(28-17)25(14-7-5-12(9-23)6-8-14)10-13-3-1-2-4-16(13)27-18(21)22/h1-8,11,18H,10H2. The number of anilines is 2. The first-order valence-corrected chi connectivity index (χ1v) is 9.54. The summed E-state index contributed by atoms with van der Waals surface area (Å²) in [7, 11) is 0. The van der Waals surface area contributed by atoms with E-state index in [-0.39, 0.29) is 18.0 Å². The Morgan fingerprint density at radius 1 is 1.25 bits per heavy atom. The first-order chi connectivity index (χ1) is 13.5. The molecule has 0 atom stereocenters. The molecule has 3 rings (SSSR count). The summed E-state index contributed by atoms with van der Waals surface area (Å²) in [5, 5.41) is 9.50. The van der Waals surface area contributed by atoms with E-state index in [2.05, 4.69) is 25.7 Å². The van der Waals surface area contributed by atoms with Crippen LogP contribution < -0.4 is 9.64 Å². The summed E-state index contributed by atoms with van der Waals surface area (Å²) in [6, 6.07) is 15.3. The normalized spacial score (nSPS) is 10.5. The van der Waals surface area contributed by atoms with Gasteiger partial charge in [0.2, 0.25) is 0 Å². The van der Waals surface area contributed by atoms with E-state index >= 15 is 0 Å². The van der Waals surface area contributed by atoms with Gasteiger partial charge in [0.25, 0.3) is 0 Å². The van der Waals surface area contributed by atoms with Crippen LogP contribution in [0.3, 0.4) is 0 Å². The molecule has 142 valence electrons. The molecule has 0 fully saturated rings. The fourth-order valence-corrected chi connectivity index (χ4v) is 3.89. The van der Waals surface area contributed by atoms with Gasteiger partial charge in [-0.25, -0.2) is 4.98 Å². The number of rotatable bonds is 7. The predicted octanol–water partition coefficient (Wildman–Crippen LogP) is 5.53. The molecule has 28 heavy (non-hydrogen) atoms. The minimum absolute atomic E-state index is 0.0578. The van der Waals surface area contributed by atoms with Crippen molar-refractivity contribution in [3.05, 3.63) is 69.1 Å². The lowest BCUT2D eigenvalue weighted by molar-refractivity contribution is -0.0504. The van der Waals surface area contributed by atoms with E-state index in [9.17, 15) is 13.6 Å². The van der Waals surface area contributed by atoms with Crippen molar-refractivity contribution >= 4 is 44.4 Å². The quantitative estimate of drug-likeness (QED) is 0.431. The van der Waals surface area contributed by atoms with Gasteiger partial charge in [-0.15, -0.1) is 0 Å². The number of alkyl halides is 2. The Balaban J connectivity index is 2.03. The highest BCUT2D eigenvalue weighted by molar-refractivity contribution is 9.11. The summed E-state index contributed by atoms with van der Waals surface area (Å²) >= 11 is 4.54. The molecule has 0 aliphatic heterocycles. The third-order valence-electron chi connectivity index (χ3n) is 3.77. The topological polar surface area (TPSA) is 66.2 Å². The monoisotopic (exact) mass is 463 g/mol. The predicted molar refractivity (Wildman–Crippen MR) is 105 cm³/mol. The number of hydrogen-bond acceptors (Lipinski definition) is 6. The number of carbonyl (C=O) groups is 1. The molecule has 0 N–H and O–H groups in total. The maximum Gasteiger partial charge on any atom is 0.387 e. The molecule has 0 radical (unpaired) electrons. The number of carbonyl (C=O) groups excluding carboxylic acids is 1. The third-order valence-corrected chi connectivity index (χ3v) is 5.54. The van der Waals surface area contributed by atoms with Crippen LogP contribution in [0.4, 0.5) is 19.6 Å². The van der Waals surface area contributed by atoms with Crippen molar-refractivity contribution in [2.24, 2.45) is 0 Å². The van der Waals surface area contributed by atoms with Crippen molar-refractivity contribution in [2.45, 2.75) is 13.2 Å². The smallest absolute Gasteiger partial charge is 0.387 e. The van der Waals surface area contributed by atoms with Crippen LogP contribution in [0.1, 0.15) is 21.6 Å². The van der Waals surface area contributed by atoms with Crippen molar-refractivity contribution in [1.29, 1.82) is 5.26 Å². The third kappa shape index (κ3) is 4.52. The number of ether oxygens (including phenoxy) is 1. The minimum Gasteiger partial charge on any atom is -0.434 e. The molecular weight excluding hydrogens is 452 g/mol. The van der Waals surface area contributed by atoms with Gasteiger partial charge in [0.1, 0.15) is 15.2 Å². The van der Waals surface area contributed by atoms with Crippen molar-refractivity contribution in [1.82, 2.24) is 4.98 Å². The molecule has 9 heteroatoms. The molecule has 1 aromatic heterocycles. The number of halogens is 3. The van der Waals surface area contributed by atoms with E-state index in [1.165, 1.54) is 17.4 Å². The molecule has 5 nitrogen and oxygen atoms in total. The fourth-order valence-electron chi connectivity index (χ4n) is 2.49. The van der Waals surface area contributed by atoms with Gasteiger partial charge in [0.05, 0.1) is 18.2 Å². The van der Waals surface area contributed by atoms with Gasteiger partial charge in [0.15, 0.2) is 11.4 Å². The lowest BCUT2D eigenvalue weighted by atomic mass is 10.1. The highest BCUT2D eigenvalue weighted by Gasteiger charge is 2.19. The van der Waals surface area contributed by atoms with E-state index in [1.807, 2.05) is 6.07 Å². The largest absolute Gasteiger partial charge is 0.434 e. The maximum atomic E-state index is 12.7. The molecule has 3 aromatic rings. The second-order valence-electron chi connectivity index (χ2n) is 5.50. The number of benzene rings is 2. The SMILES string of the molecule is N#Cc1ccc(N(Cc2ccccc2OC(F)F)c2nc(C=O)c(Br)s2)cc1. The molecule has 0 spiro atoms. The fraction of sp³-hybridized carbons (Fsp3) is 0.105. The lowest BCUT2D eigenvalue weighted by Gasteiger charge is -2.23. The molecule has 2 aromatic carbocycles. The van der Waals surface area contributed by atoms with E-state index in [0.29, 0.717) is 32.0 Å². The van der Waals surface area contributed by atoms with E-state index < -0.39 is 6.61 Å². The second kappa shape index (κ2) is 8.91. The Hall–Kier alpha value is -2.83. The average molecular weight is 464 g/mol. The van der Waals surface area contributed by atoms with Gasteiger partial charge in [0, 0.05) is 11.3 Å². The summed E-state index contributed by atoms with van der Waals surface area (Å²) in [6.45, 7) is -2.77. The highest BCUT2D eigenvalue weighted by Crippen LogP contribution is 2.36. The zero-order chi connectivity index (χ0) is 20.1. The van der Waals surface area contributed by atoms with Gasteiger partial charge in [-0.3, -0.25) is 4.79 Å². The second-order valence-corrected chi connectivity index (χ2v) is 7.80. The van der Waals surface area contributed by atoms with Crippen LogP contribution >= 0.6 is 27.3 Å². The average Bonchev–Trinajstić information content (AvgIpc) is 3.07. The number of nitrogens with zero attached hydrogens (tertiary/aromatic N) is 3. The summed E-state index contributed by atoms with van der Waals surface area (Å²) in [5.74, 6) is 0.0578. The van der Waals surface area contributed by atoms with E-state index in [4.69, 9.17) is 5.26 Å². The van der Waals surface area contributed by atoms with Gasteiger partial charge >= 0.3 is 6.61 Å². The summed E-state index contributed by atoms with van der Waals surface area (Å²) in [4.78, 5) is 17.2. The van der Waals surface area contributed by atoms with Crippen molar-refractivity contribution in [3.63, 3.8) is 0 Å². The number of aldehydes is 1. The lowest BCUT2D eigenvalue weighted by Crippen LogP contribution is -2.17. The maximum absolute atomic E-state index is 12.7. The Morgan fingerprint density at radius 2 is 1.96 bits per heavy atom. The summed E-state index contributed by atoms with van der Waals surface area (Å²) in [5.41, 5.74) is 1.94. The zero-order valence-corrected chi connectivity index (χ0v) is 16.6. The number of aromatic nitrogens is 1. The summed E-state index contributed by atoms with van der Waals surface area (Å²) in [6.07, 6.45) is 0.634. The Kier molecular flexibility index (Phi) is 6.34. The first-order valence-electron chi connectivity index (χ1n) is 7.93. The highest BCUT2D eigenvalue weighted by atomic mass is 79.9. The molecule has 0 bridgehead atoms. The van der Waals surface area contributed by atoms with Crippen LogP contribution in [0, 0.1) is 11.3 Å². The molecule has 0 saturated carbocycles. The van der Waals surface area contributed by atoms with Gasteiger partial charge in [-0.05, 0) is 46.3 Å². The summed E-state index contributed by atoms with van der Waals surface area (Å²) < 4.78 is 30.7. The minimum atomic E-state index is -2.94. The first kappa shape index (κ1) is 19.9. The van der Waals surface area contributed by atoms with Crippen molar-refractivity contribution in [2.75, 3.05) is 4.90 Å². The number of para-hydroxylation sites is 1. The van der Waals surface area contributed by atoms with Crippen LogP contribution in [0.15, 0.2) is 52.3 Å². The van der Waals surface area contributed by atoms with E-state index in [1.54, 1.807) is 47.4 Å². The van der Waals surface area contributed by atoms with Gasteiger partial charge < -0.3 is 9.64 Å². The zero-order valence-electron chi connectivity index (χ0n) is 14.2. The molecule has 0 aliphatic carbocycles.